The second-order valence-electron chi connectivity index (χ2n) is 4.80. The summed E-state index contributed by atoms with van der Waals surface area (Å²) in [5.74, 6) is 0.169. The molecule has 2 rings (SSSR count). The van der Waals surface area contributed by atoms with Crippen molar-refractivity contribution in [1.82, 2.24) is 0 Å². The fraction of sp³-hybridized carbons (Fsp3) is 0.250. The lowest BCUT2D eigenvalue weighted by molar-refractivity contribution is 0.143. The number of benzene rings is 2. The van der Waals surface area contributed by atoms with Crippen molar-refractivity contribution in [2.24, 2.45) is 5.73 Å². The van der Waals surface area contributed by atoms with E-state index in [-0.39, 0.29) is 5.75 Å². The molecule has 2 aromatic carbocycles. The molecule has 0 saturated heterocycles. The average Bonchev–Trinajstić information content (AvgIpc) is 2.42. The Bertz CT molecular complexity index is 540. The number of aryl methyl sites for hydroxylation is 1. The summed E-state index contributed by atoms with van der Waals surface area (Å²) < 4.78 is 0. The van der Waals surface area contributed by atoms with E-state index < -0.39 is 12.1 Å². The third kappa shape index (κ3) is 3.13. The number of aromatic hydroxyl groups is 1. The van der Waals surface area contributed by atoms with Gasteiger partial charge in [0.25, 0.3) is 0 Å². The van der Waals surface area contributed by atoms with Crippen LogP contribution in [-0.4, -0.2) is 16.3 Å². The molecule has 19 heavy (non-hydrogen) atoms. The molecule has 0 aromatic heterocycles. The zero-order valence-electron chi connectivity index (χ0n) is 11.0. The Balaban J connectivity index is 2.15. The monoisotopic (exact) mass is 257 g/mol. The van der Waals surface area contributed by atoms with Gasteiger partial charge in [-0.1, -0.05) is 48.5 Å². The van der Waals surface area contributed by atoms with Crippen molar-refractivity contribution < 1.29 is 10.2 Å². The molecule has 0 saturated carbocycles. The molecule has 0 unspecified atom stereocenters. The Morgan fingerprint density at radius 2 is 1.74 bits per heavy atom. The molecule has 0 aliphatic carbocycles. The van der Waals surface area contributed by atoms with E-state index >= 15 is 0 Å². The molecule has 0 spiro atoms. The van der Waals surface area contributed by atoms with Gasteiger partial charge >= 0.3 is 0 Å². The minimum atomic E-state index is -0.727. The summed E-state index contributed by atoms with van der Waals surface area (Å²) in [6.07, 6.45) is -0.259. The normalized spacial score (nSPS) is 14.1. The summed E-state index contributed by atoms with van der Waals surface area (Å²) in [6.45, 7) is 1.81. The maximum atomic E-state index is 10.2. The average molecular weight is 257 g/mol. The first-order valence-corrected chi connectivity index (χ1v) is 6.35. The Hall–Kier alpha value is -1.84. The quantitative estimate of drug-likeness (QED) is 0.787. The zero-order valence-corrected chi connectivity index (χ0v) is 11.0. The molecule has 0 radical (unpaired) electrons. The molecular weight excluding hydrogens is 238 g/mol. The van der Waals surface area contributed by atoms with Gasteiger partial charge in [-0.25, -0.2) is 0 Å². The van der Waals surface area contributed by atoms with Gasteiger partial charge in [-0.15, -0.1) is 0 Å². The summed E-state index contributed by atoms with van der Waals surface area (Å²) in [4.78, 5) is 0. The molecule has 0 aliphatic rings. The van der Waals surface area contributed by atoms with Crippen LogP contribution in [0, 0.1) is 6.92 Å². The van der Waals surface area contributed by atoms with E-state index in [0.29, 0.717) is 12.0 Å². The molecule has 2 aromatic rings. The number of para-hydroxylation sites is 1. The van der Waals surface area contributed by atoms with Crippen molar-refractivity contribution >= 4 is 0 Å². The van der Waals surface area contributed by atoms with Gasteiger partial charge in [0.1, 0.15) is 5.75 Å². The fourth-order valence-electron chi connectivity index (χ4n) is 2.14. The zero-order chi connectivity index (χ0) is 13.8. The lowest BCUT2D eigenvalue weighted by atomic mass is 9.95. The standard InChI is InChI=1S/C16H19NO2/c1-11-6-5-9-13(16(11)19)15(17)14(18)10-12-7-3-2-4-8-12/h2-9,14-15,18-19H,10,17H2,1H3/t14-,15+/m1/s1. The van der Waals surface area contributed by atoms with Gasteiger partial charge in [-0.05, 0) is 18.1 Å². The minimum Gasteiger partial charge on any atom is -0.507 e. The molecule has 100 valence electrons. The van der Waals surface area contributed by atoms with E-state index in [0.717, 1.165) is 11.1 Å². The van der Waals surface area contributed by atoms with Crippen LogP contribution in [0.5, 0.6) is 5.75 Å². The van der Waals surface area contributed by atoms with Crippen LogP contribution in [0.4, 0.5) is 0 Å². The molecular formula is C16H19NO2. The maximum absolute atomic E-state index is 10.2. The molecule has 2 atom stereocenters. The first-order chi connectivity index (χ1) is 9.09. The lowest BCUT2D eigenvalue weighted by Gasteiger charge is -2.21. The topological polar surface area (TPSA) is 66.5 Å². The number of phenolic OH excluding ortho intramolecular Hbond substituents is 1. The van der Waals surface area contributed by atoms with E-state index in [1.165, 1.54) is 0 Å². The Morgan fingerprint density at radius 3 is 2.42 bits per heavy atom. The van der Waals surface area contributed by atoms with E-state index in [2.05, 4.69) is 0 Å². The van der Waals surface area contributed by atoms with Crippen LogP contribution in [0.25, 0.3) is 0 Å². The molecule has 0 amide bonds. The van der Waals surface area contributed by atoms with Crippen LogP contribution in [-0.2, 0) is 6.42 Å². The maximum Gasteiger partial charge on any atom is 0.123 e. The van der Waals surface area contributed by atoms with E-state index in [9.17, 15) is 10.2 Å². The third-order valence-corrected chi connectivity index (χ3v) is 3.33. The van der Waals surface area contributed by atoms with Crippen LogP contribution >= 0.6 is 0 Å². The molecule has 0 fully saturated rings. The van der Waals surface area contributed by atoms with Crippen molar-refractivity contribution in [3.05, 3.63) is 65.2 Å². The second kappa shape index (κ2) is 5.87. The van der Waals surface area contributed by atoms with Crippen molar-refractivity contribution in [3.8, 4) is 5.75 Å². The van der Waals surface area contributed by atoms with Crippen molar-refractivity contribution in [1.29, 1.82) is 0 Å². The Morgan fingerprint density at radius 1 is 1.05 bits per heavy atom. The van der Waals surface area contributed by atoms with Gasteiger partial charge < -0.3 is 15.9 Å². The SMILES string of the molecule is Cc1cccc([C@H](N)[C@H](O)Cc2ccccc2)c1O. The highest BCUT2D eigenvalue weighted by Gasteiger charge is 2.20. The van der Waals surface area contributed by atoms with Crippen LogP contribution < -0.4 is 5.73 Å². The minimum absolute atomic E-state index is 0.169. The first kappa shape index (κ1) is 13.6. The van der Waals surface area contributed by atoms with E-state index in [1.807, 2.05) is 49.4 Å². The largest absolute Gasteiger partial charge is 0.507 e. The molecule has 0 heterocycles. The molecule has 3 nitrogen and oxygen atoms in total. The first-order valence-electron chi connectivity index (χ1n) is 6.35. The molecule has 0 aliphatic heterocycles. The van der Waals surface area contributed by atoms with Crippen LogP contribution in [0.3, 0.4) is 0 Å². The lowest BCUT2D eigenvalue weighted by Crippen LogP contribution is -2.28. The van der Waals surface area contributed by atoms with Gasteiger partial charge in [-0.2, -0.15) is 0 Å². The van der Waals surface area contributed by atoms with Crippen LogP contribution in [0.2, 0.25) is 0 Å². The van der Waals surface area contributed by atoms with Gasteiger partial charge in [0.2, 0.25) is 0 Å². The number of nitrogens with two attached hydrogens (primary N) is 1. The Labute approximate surface area is 113 Å². The molecule has 3 heteroatoms. The summed E-state index contributed by atoms with van der Waals surface area (Å²) >= 11 is 0. The van der Waals surface area contributed by atoms with Crippen LogP contribution in [0.1, 0.15) is 22.7 Å². The molecule has 0 bridgehead atoms. The van der Waals surface area contributed by atoms with Crippen molar-refractivity contribution in [2.75, 3.05) is 0 Å². The third-order valence-electron chi connectivity index (χ3n) is 3.33. The molecule has 4 N–H and O–H groups in total. The number of aliphatic hydroxyl groups is 1. The smallest absolute Gasteiger partial charge is 0.123 e. The van der Waals surface area contributed by atoms with Crippen molar-refractivity contribution in [3.63, 3.8) is 0 Å². The van der Waals surface area contributed by atoms with Gasteiger partial charge in [-0.3, -0.25) is 0 Å². The van der Waals surface area contributed by atoms with Gasteiger partial charge in [0, 0.05) is 12.0 Å². The Kier molecular flexibility index (Phi) is 4.20. The fourth-order valence-corrected chi connectivity index (χ4v) is 2.14. The van der Waals surface area contributed by atoms with E-state index in [1.54, 1.807) is 6.07 Å². The van der Waals surface area contributed by atoms with Crippen molar-refractivity contribution in [2.45, 2.75) is 25.5 Å². The number of aliphatic hydroxyl groups excluding tert-OH is 1. The van der Waals surface area contributed by atoms with E-state index in [4.69, 9.17) is 5.73 Å². The number of phenols is 1. The highest BCUT2D eigenvalue weighted by molar-refractivity contribution is 5.41. The second-order valence-corrected chi connectivity index (χ2v) is 4.80. The summed E-state index contributed by atoms with van der Waals surface area (Å²) in [7, 11) is 0. The number of hydrogen-bond acceptors (Lipinski definition) is 3. The summed E-state index contributed by atoms with van der Waals surface area (Å²) in [5.41, 5.74) is 8.42. The predicted molar refractivity (Wildman–Crippen MR) is 75.9 cm³/mol. The van der Waals surface area contributed by atoms with Gasteiger partial charge in [0.15, 0.2) is 0 Å². The van der Waals surface area contributed by atoms with Gasteiger partial charge in [0.05, 0.1) is 12.1 Å². The highest BCUT2D eigenvalue weighted by Crippen LogP contribution is 2.28. The summed E-state index contributed by atoms with van der Waals surface area (Å²) in [6, 6.07) is 14.5. The highest BCUT2D eigenvalue weighted by atomic mass is 16.3. The summed E-state index contributed by atoms with van der Waals surface area (Å²) in [5, 5.41) is 20.2. The predicted octanol–water partition coefficient (Wildman–Crippen LogP) is 2.30. The number of hydrogen-bond donors (Lipinski definition) is 3. The van der Waals surface area contributed by atoms with Crippen LogP contribution in [0.15, 0.2) is 48.5 Å². The number of rotatable bonds is 4.